The van der Waals surface area contributed by atoms with Gasteiger partial charge in [-0.2, -0.15) is 5.48 Å². The molecule has 1 fully saturated rings. The third-order valence-corrected chi connectivity index (χ3v) is 3.58. The number of rotatable bonds is 5. The molecule has 0 radical (unpaired) electrons. The fraction of sp³-hybridized carbons (Fsp3) is 0.588. The second-order valence-electron chi connectivity index (χ2n) is 6.70. The van der Waals surface area contributed by atoms with Crippen molar-refractivity contribution in [2.75, 3.05) is 20.3 Å². The maximum Gasteiger partial charge on any atom is 0.410 e. The molecule has 1 aromatic rings. The third kappa shape index (κ3) is 5.41. The summed E-state index contributed by atoms with van der Waals surface area (Å²) in [7, 11) is 1.62. The van der Waals surface area contributed by atoms with Crippen LogP contribution in [0.25, 0.3) is 0 Å². The molecule has 0 spiro atoms. The zero-order valence-electron chi connectivity index (χ0n) is 14.4. The molecule has 2 N–H and O–H groups in total. The van der Waals surface area contributed by atoms with Crippen molar-refractivity contribution in [3.8, 4) is 5.75 Å². The van der Waals surface area contributed by atoms with E-state index in [0.29, 0.717) is 6.61 Å². The van der Waals surface area contributed by atoms with Gasteiger partial charge in [-0.1, -0.05) is 0 Å². The average Bonchev–Trinajstić information content (AvgIpc) is 2.94. The first-order valence-corrected chi connectivity index (χ1v) is 7.97. The molecule has 1 unspecified atom stereocenters. The molecule has 0 saturated carbocycles. The van der Waals surface area contributed by atoms with E-state index in [1.165, 1.54) is 0 Å². The molecular formula is C17H27N2O4+. The summed E-state index contributed by atoms with van der Waals surface area (Å²) in [5.74, 6) is 0.786. The molecule has 1 atom stereocenters. The Labute approximate surface area is 137 Å². The van der Waals surface area contributed by atoms with Crippen molar-refractivity contribution < 1.29 is 24.6 Å². The maximum atomic E-state index is 12.2. The minimum Gasteiger partial charge on any atom is -0.491 e. The van der Waals surface area contributed by atoms with Crippen molar-refractivity contribution in [2.24, 2.45) is 0 Å². The van der Waals surface area contributed by atoms with Gasteiger partial charge in [0.05, 0.1) is 13.2 Å². The monoisotopic (exact) mass is 323 g/mol. The number of quaternary nitrogens is 1. The number of carbonyl (C=O) groups excluding carboxylic acids is 1. The third-order valence-electron chi connectivity index (χ3n) is 3.58. The van der Waals surface area contributed by atoms with Crippen molar-refractivity contribution in [2.45, 2.75) is 45.3 Å². The van der Waals surface area contributed by atoms with Crippen LogP contribution < -0.4 is 10.2 Å². The second kappa shape index (κ2) is 7.66. The molecule has 1 aromatic carbocycles. The summed E-state index contributed by atoms with van der Waals surface area (Å²) < 4.78 is 11.3. The van der Waals surface area contributed by atoms with Crippen LogP contribution in [0, 0.1) is 0 Å². The number of hydrogen-bond acceptors (Lipinski definition) is 4. The minimum atomic E-state index is -0.473. The number of nitrogens with two attached hydrogens (primary N) is 1. The quantitative estimate of drug-likeness (QED) is 0.666. The highest BCUT2D eigenvalue weighted by molar-refractivity contribution is 5.69. The second-order valence-corrected chi connectivity index (χ2v) is 6.70. The molecule has 6 nitrogen and oxygen atoms in total. The molecule has 2 rings (SSSR count). The van der Waals surface area contributed by atoms with Crippen molar-refractivity contribution in [1.82, 2.24) is 4.90 Å². The van der Waals surface area contributed by atoms with E-state index in [0.717, 1.165) is 30.8 Å². The Morgan fingerprint density at radius 3 is 2.61 bits per heavy atom. The van der Waals surface area contributed by atoms with Crippen molar-refractivity contribution >= 4 is 11.8 Å². The highest BCUT2D eigenvalue weighted by Crippen LogP contribution is 2.22. The zero-order valence-corrected chi connectivity index (χ0v) is 14.4. The Balaban J connectivity index is 1.87. The van der Waals surface area contributed by atoms with E-state index in [1.54, 1.807) is 17.5 Å². The molecule has 1 heterocycles. The smallest absolute Gasteiger partial charge is 0.410 e. The summed E-state index contributed by atoms with van der Waals surface area (Å²) in [5.41, 5.74) is 2.18. The van der Waals surface area contributed by atoms with Gasteiger partial charge in [-0.25, -0.2) is 9.63 Å². The molecule has 0 aromatic heterocycles. The number of benzene rings is 1. The molecule has 23 heavy (non-hydrogen) atoms. The van der Waals surface area contributed by atoms with E-state index in [9.17, 15) is 4.79 Å². The predicted octanol–water partition coefficient (Wildman–Crippen LogP) is 2.22. The zero-order chi connectivity index (χ0) is 16.9. The van der Waals surface area contributed by atoms with Gasteiger partial charge >= 0.3 is 6.09 Å². The number of ether oxygens (including phenoxy) is 2. The van der Waals surface area contributed by atoms with E-state index in [2.05, 4.69) is 0 Å². The summed E-state index contributed by atoms with van der Waals surface area (Å²) in [6.07, 6.45) is 1.66. The van der Waals surface area contributed by atoms with Crippen LogP contribution in [0.4, 0.5) is 10.5 Å². The summed E-state index contributed by atoms with van der Waals surface area (Å²) in [5, 5.41) is 0. The highest BCUT2D eigenvalue weighted by Gasteiger charge is 2.32. The van der Waals surface area contributed by atoms with Crippen LogP contribution >= 0.6 is 0 Å². The molecule has 1 saturated heterocycles. The molecule has 128 valence electrons. The van der Waals surface area contributed by atoms with Crippen LogP contribution in [-0.2, 0) is 9.57 Å². The summed E-state index contributed by atoms with van der Waals surface area (Å²) in [4.78, 5) is 19.0. The molecule has 0 aliphatic carbocycles. The van der Waals surface area contributed by atoms with Gasteiger partial charge in [0, 0.05) is 18.7 Å². The van der Waals surface area contributed by atoms with Crippen LogP contribution in [0.2, 0.25) is 0 Å². The van der Waals surface area contributed by atoms with Crippen molar-refractivity contribution in [1.29, 1.82) is 0 Å². The lowest BCUT2D eigenvalue weighted by Crippen LogP contribution is -2.75. The summed E-state index contributed by atoms with van der Waals surface area (Å²) in [6, 6.07) is 7.73. The molecule has 1 amide bonds. The molecule has 1 aliphatic heterocycles. The van der Waals surface area contributed by atoms with E-state index < -0.39 is 5.60 Å². The van der Waals surface area contributed by atoms with Crippen molar-refractivity contribution in [3.63, 3.8) is 0 Å². The fourth-order valence-corrected chi connectivity index (χ4v) is 2.54. The molecule has 1 aliphatic rings. The Kier molecular flexibility index (Phi) is 5.85. The first kappa shape index (κ1) is 17.6. The Morgan fingerprint density at radius 2 is 2.00 bits per heavy atom. The van der Waals surface area contributed by atoms with Gasteiger partial charge in [0.2, 0.25) is 0 Å². The lowest BCUT2D eigenvalue weighted by molar-refractivity contribution is -0.830. The fourth-order valence-electron chi connectivity index (χ4n) is 2.54. The normalized spacial score (nSPS) is 18.1. The Bertz CT molecular complexity index is 510. The van der Waals surface area contributed by atoms with Gasteiger partial charge in [-0.15, -0.1) is 0 Å². The number of hydrogen-bond donors (Lipinski definition) is 1. The average molecular weight is 323 g/mol. The van der Waals surface area contributed by atoms with Gasteiger partial charge in [-0.3, -0.25) is 0 Å². The molecule has 6 heteroatoms. The number of likely N-dealkylation sites (tertiary alicyclic amines) is 1. The van der Waals surface area contributed by atoms with E-state index in [-0.39, 0.29) is 12.1 Å². The first-order valence-electron chi connectivity index (χ1n) is 7.97. The van der Waals surface area contributed by atoms with Gasteiger partial charge in [0.1, 0.15) is 18.0 Å². The van der Waals surface area contributed by atoms with E-state index in [4.69, 9.17) is 14.3 Å². The number of nitrogens with zero attached hydrogens (tertiary/aromatic N) is 1. The minimum absolute atomic E-state index is 0.0649. The largest absolute Gasteiger partial charge is 0.491 e. The molecular weight excluding hydrogens is 296 g/mol. The lowest BCUT2D eigenvalue weighted by Gasteiger charge is -2.28. The predicted molar refractivity (Wildman–Crippen MR) is 86.5 cm³/mol. The van der Waals surface area contributed by atoms with Crippen LogP contribution in [0.1, 0.15) is 33.6 Å². The SMILES string of the molecule is CO[NH2+]c1ccc(OCC2CCCN2C(=O)OC(C)(C)C)cc1. The van der Waals surface area contributed by atoms with Gasteiger partial charge in [0.25, 0.3) is 0 Å². The van der Waals surface area contributed by atoms with Crippen LogP contribution in [-0.4, -0.2) is 42.9 Å². The number of amides is 1. The standard InChI is InChI=1S/C17H26N2O4/c1-17(2,3)23-16(20)19-11-5-6-14(19)12-22-15-9-7-13(8-10-15)18-21-4/h7-10,14,18H,5-6,11-12H2,1-4H3/p+1. The van der Waals surface area contributed by atoms with Crippen molar-refractivity contribution in [3.05, 3.63) is 24.3 Å². The van der Waals surface area contributed by atoms with Gasteiger partial charge in [0.15, 0.2) is 5.69 Å². The summed E-state index contributed by atoms with van der Waals surface area (Å²) >= 11 is 0. The maximum absolute atomic E-state index is 12.2. The summed E-state index contributed by atoms with van der Waals surface area (Å²) in [6.45, 7) is 6.85. The van der Waals surface area contributed by atoms with Crippen LogP contribution in [0.3, 0.4) is 0 Å². The Morgan fingerprint density at radius 1 is 1.30 bits per heavy atom. The molecule has 0 bridgehead atoms. The number of carbonyl (C=O) groups is 1. The van der Waals surface area contributed by atoms with E-state index in [1.807, 2.05) is 45.0 Å². The highest BCUT2D eigenvalue weighted by atomic mass is 16.6. The Hall–Kier alpha value is -1.79. The van der Waals surface area contributed by atoms with Gasteiger partial charge in [-0.05, 0) is 45.7 Å². The lowest BCUT2D eigenvalue weighted by atomic mass is 10.2. The first-order chi connectivity index (χ1) is 10.9. The topological polar surface area (TPSA) is 64.6 Å². The van der Waals surface area contributed by atoms with Crippen LogP contribution in [0.15, 0.2) is 24.3 Å². The van der Waals surface area contributed by atoms with Crippen LogP contribution in [0.5, 0.6) is 5.75 Å². The van der Waals surface area contributed by atoms with Gasteiger partial charge < -0.3 is 14.4 Å². The van der Waals surface area contributed by atoms with E-state index >= 15 is 0 Å².